The summed E-state index contributed by atoms with van der Waals surface area (Å²) in [6.45, 7) is 15.7. The predicted molar refractivity (Wildman–Crippen MR) is 185 cm³/mol. The zero-order valence-electron chi connectivity index (χ0n) is 28.4. The third kappa shape index (κ3) is 11.3. The summed E-state index contributed by atoms with van der Waals surface area (Å²) in [5.41, 5.74) is 8.19. The molecule has 236 valence electrons. The second-order valence-electron chi connectivity index (χ2n) is 12.4. The number of benzene rings is 2. The van der Waals surface area contributed by atoms with Crippen molar-refractivity contribution in [3.05, 3.63) is 63.7 Å². The number of carbonyl (C=O) groups is 1. The molecule has 1 aliphatic rings. The van der Waals surface area contributed by atoms with Crippen LogP contribution < -0.4 is 4.74 Å². The van der Waals surface area contributed by atoms with Crippen molar-refractivity contribution in [2.75, 3.05) is 13.7 Å². The third-order valence-electron chi connectivity index (χ3n) is 8.72. The van der Waals surface area contributed by atoms with Crippen LogP contribution in [-0.4, -0.2) is 25.1 Å². The van der Waals surface area contributed by atoms with Crippen molar-refractivity contribution in [3.8, 4) is 5.75 Å². The molecule has 0 atom stereocenters. The molecule has 1 saturated carbocycles. The molecule has 0 radical (unpaired) electrons. The van der Waals surface area contributed by atoms with Crippen LogP contribution in [0.5, 0.6) is 5.75 Å². The molecule has 1 aliphatic carbocycles. The van der Waals surface area contributed by atoms with Crippen molar-refractivity contribution in [1.82, 2.24) is 0 Å². The SMILES string of the molecule is CC.CCc1ccc(OCCCC2CCCCCC2)cc1CCCC(=O)c1cc(C(CC(C)C)=NC)c(CC)cc1C.[HH]. The van der Waals surface area contributed by atoms with Gasteiger partial charge in [0.15, 0.2) is 5.78 Å². The fourth-order valence-corrected chi connectivity index (χ4v) is 6.40. The van der Waals surface area contributed by atoms with Gasteiger partial charge in [-0.05, 0) is 110 Å². The Morgan fingerprint density at radius 2 is 1.62 bits per heavy atom. The third-order valence-corrected chi connectivity index (χ3v) is 8.72. The first kappa shape index (κ1) is 35.8. The maximum atomic E-state index is 13.4. The normalized spacial score (nSPS) is 14.4. The predicted octanol–water partition coefficient (Wildman–Crippen LogP) is 11.2. The molecule has 1 fully saturated rings. The van der Waals surface area contributed by atoms with Crippen molar-refractivity contribution in [3.63, 3.8) is 0 Å². The lowest BCUT2D eigenvalue weighted by Gasteiger charge is -2.17. The van der Waals surface area contributed by atoms with E-state index >= 15 is 0 Å². The highest BCUT2D eigenvalue weighted by atomic mass is 16.5. The van der Waals surface area contributed by atoms with Crippen LogP contribution >= 0.6 is 0 Å². The van der Waals surface area contributed by atoms with Crippen LogP contribution in [0, 0.1) is 18.8 Å². The summed E-state index contributed by atoms with van der Waals surface area (Å²) >= 11 is 0. The number of ether oxygens (including phenoxy) is 1. The molecule has 0 unspecified atom stereocenters. The Labute approximate surface area is 260 Å². The number of aliphatic imine (C=N–C) groups is 1. The fraction of sp³-hybridized carbons (Fsp3) is 0.641. The van der Waals surface area contributed by atoms with E-state index in [1.54, 1.807) is 0 Å². The maximum absolute atomic E-state index is 13.4. The van der Waals surface area contributed by atoms with E-state index in [9.17, 15) is 4.79 Å². The number of ketones is 1. The molecule has 0 amide bonds. The number of hydrogen-bond donors (Lipinski definition) is 0. The summed E-state index contributed by atoms with van der Waals surface area (Å²) in [6.07, 6.45) is 16.1. The summed E-state index contributed by atoms with van der Waals surface area (Å²) in [5.74, 6) is 2.64. The minimum Gasteiger partial charge on any atom is -0.494 e. The van der Waals surface area contributed by atoms with Crippen LogP contribution in [-0.2, 0) is 19.3 Å². The van der Waals surface area contributed by atoms with Crippen LogP contribution in [0.4, 0.5) is 0 Å². The lowest BCUT2D eigenvalue weighted by Crippen LogP contribution is -2.12. The van der Waals surface area contributed by atoms with E-state index in [1.165, 1.54) is 61.6 Å². The van der Waals surface area contributed by atoms with E-state index in [0.29, 0.717) is 12.3 Å². The number of rotatable bonds is 15. The van der Waals surface area contributed by atoms with Gasteiger partial charge in [0.2, 0.25) is 0 Å². The topological polar surface area (TPSA) is 38.7 Å². The Morgan fingerprint density at radius 3 is 2.24 bits per heavy atom. The zero-order valence-corrected chi connectivity index (χ0v) is 28.4. The van der Waals surface area contributed by atoms with E-state index in [-0.39, 0.29) is 7.21 Å². The van der Waals surface area contributed by atoms with Gasteiger partial charge in [0, 0.05) is 26.2 Å². The molecule has 42 heavy (non-hydrogen) atoms. The fourth-order valence-electron chi connectivity index (χ4n) is 6.40. The van der Waals surface area contributed by atoms with Crippen molar-refractivity contribution < 1.29 is 11.0 Å². The van der Waals surface area contributed by atoms with E-state index in [0.717, 1.165) is 79.2 Å². The van der Waals surface area contributed by atoms with Gasteiger partial charge >= 0.3 is 0 Å². The molecular formula is C39H63NO2. The number of hydrogen-bond acceptors (Lipinski definition) is 3. The Bertz CT molecular complexity index is 1110. The van der Waals surface area contributed by atoms with Crippen LogP contribution in [0.3, 0.4) is 0 Å². The molecule has 3 nitrogen and oxygen atoms in total. The molecule has 3 heteroatoms. The summed E-state index contributed by atoms with van der Waals surface area (Å²) in [6, 6.07) is 10.9. The summed E-state index contributed by atoms with van der Waals surface area (Å²) < 4.78 is 6.20. The monoisotopic (exact) mass is 577 g/mol. The van der Waals surface area contributed by atoms with Crippen molar-refractivity contribution in [2.24, 2.45) is 16.8 Å². The first-order valence-corrected chi connectivity index (χ1v) is 17.2. The van der Waals surface area contributed by atoms with Gasteiger partial charge in [-0.3, -0.25) is 9.79 Å². The number of carbonyl (C=O) groups excluding carboxylic acids is 1. The molecule has 0 aromatic heterocycles. The van der Waals surface area contributed by atoms with Gasteiger partial charge in [0.25, 0.3) is 0 Å². The smallest absolute Gasteiger partial charge is 0.163 e. The van der Waals surface area contributed by atoms with Crippen molar-refractivity contribution in [1.29, 1.82) is 0 Å². The standard InChI is InChI=1S/C37H55NO2.C2H6.H2/c1-7-30-20-21-33(40-22-14-17-29-15-11-9-10-12-16-29)25-32(30)18-13-19-37(39)34-26-35(31(8-2)24-28(34)5)36(38-6)23-27(3)4;1-2;/h20-21,24-27,29H,7-19,22-23H2,1-6H3;1-2H3;1H. The summed E-state index contributed by atoms with van der Waals surface area (Å²) in [5, 5.41) is 0. The quantitative estimate of drug-likeness (QED) is 0.0914. The molecule has 0 bridgehead atoms. The van der Waals surface area contributed by atoms with Gasteiger partial charge in [-0.1, -0.05) is 92.2 Å². The highest BCUT2D eigenvalue weighted by molar-refractivity contribution is 6.05. The maximum Gasteiger partial charge on any atom is 0.163 e. The molecule has 3 rings (SSSR count). The number of Topliss-reactive ketones (excluding diaryl/α,β-unsaturated/α-hetero) is 1. The minimum atomic E-state index is 0. The second kappa shape index (κ2) is 19.7. The number of nitrogens with zero attached hydrogens (tertiary/aromatic N) is 1. The molecule has 2 aromatic carbocycles. The van der Waals surface area contributed by atoms with Gasteiger partial charge in [0.05, 0.1) is 6.61 Å². The van der Waals surface area contributed by atoms with Gasteiger partial charge < -0.3 is 4.74 Å². The van der Waals surface area contributed by atoms with E-state index in [2.05, 4.69) is 69.9 Å². The molecule has 0 N–H and O–H groups in total. The summed E-state index contributed by atoms with van der Waals surface area (Å²) in [7, 11) is 1.87. The van der Waals surface area contributed by atoms with Gasteiger partial charge in [-0.25, -0.2) is 0 Å². The molecule has 0 aliphatic heterocycles. The van der Waals surface area contributed by atoms with E-state index in [4.69, 9.17) is 4.74 Å². The van der Waals surface area contributed by atoms with Crippen LogP contribution in [0.2, 0.25) is 0 Å². The lowest BCUT2D eigenvalue weighted by molar-refractivity contribution is 0.0979. The molecular weight excluding hydrogens is 514 g/mol. The Morgan fingerprint density at radius 1 is 0.929 bits per heavy atom. The second-order valence-corrected chi connectivity index (χ2v) is 12.4. The van der Waals surface area contributed by atoms with Crippen LogP contribution in [0.25, 0.3) is 0 Å². The van der Waals surface area contributed by atoms with Crippen LogP contribution in [0.15, 0.2) is 35.3 Å². The van der Waals surface area contributed by atoms with Gasteiger partial charge in [-0.2, -0.15) is 0 Å². The van der Waals surface area contributed by atoms with Gasteiger partial charge in [0.1, 0.15) is 5.75 Å². The first-order valence-electron chi connectivity index (χ1n) is 17.2. The minimum absolute atomic E-state index is 0. The summed E-state index contributed by atoms with van der Waals surface area (Å²) in [4.78, 5) is 18.0. The average Bonchev–Trinajstić information content (AvgIpc) is 3.28. The molecule has 2 aromatic rings. The molecule has 0 saturated heterocycles. The van der Waals surface area contributed by atoms with Crippen molar-refractivity contribution in [2.45, 2.75) is 138 Å². The Balaban J connectivity index is 0.00000302. The molecule has 0 spiro atoms. The first-order chi connectivity index (χ1) is 20.4. The number of aryl methyl sites for hydroxylation is 4. The Kier molecular flexibility index (Phi) is 16.8. The van der Waals surface area contributed by atoms with Crippen LogP contribution in [0.1, 0.15) is 152 Å². The lowest BCUT2D eigenvalue weighted by atomic mass is 9.89. The highest BCUT2D eigenvalue weighted by Gasteiger charge is 2.17. The van der Waals surface area contributed by atoms with E-state index in [1.807, 2.05) is 20.9 Å². The molecule has 0 heterocycles. The highest BCUT2D eigenvalue weighted by Crippen LogP contribution is 2.27. The zero-order chi connectivity index (χ0) is 30.9. The van der Waals surface area contributed by atoms with Crippen molar-refractivity contribution >= 4 is 11.5 Å². The Hall–Kier alpha value is -2.42. The largest absolute Gasteiger partial charge is 0.494 e. The van der Waals surface area contributed by atoms with E-state index < -0.39 is 0 Å². The average molecular weight is 578 g/mol. The van der Waals surface area contributed by atoms with Gasteiger partial charge in [-0.15, -0.1) is 0 Å².